The summed E-state index contributed by atoms with van der Waals surface area (Å²) >= 11 is 0. The Morgan fingerprint density at radius 2 is 1.55 bits per heavy atom. The van der Waals surface area contributed by atoms with Crippen molar-refractivity contribution in [3.05, 3.63) is 114 Å². The average molecular weight is 428 g/mol. The van der Waals surface area contributed by atoms with Gasteiger partial charge in [-0.3, -0.25) is 0 Å². The maximum atomic E-state index is 2.55. The number of allylic oxidation sites excluding steroid dienone is 8. The number of para-hydroxylation sites is 1. The summed E-state index contributed by atoms with van der Waals surface area (Å²) in [5, 5.41) is 2.67. The molecular formula is C32H29N. The highest BCUT2D eigenvalue weighted by Gasteiger charge is 2.22. The molecule has 3 aromatic carbocycles. The molecule has 0 aliphatic heterocycles. The predicted molar refractivity (Wildman–Crippen MR) is 142 cm³/mol. The maximum absolute atomic E-state index is 2.55. The lowest BCUT2D eigenvalue weighted by Gasteiger charge is -2.25. The normalized spacial score (nSPS) is 16.4. The van der Waals surface area contributed by atoms with E-state index in [9.17, 15) is 0 Å². The highest BCUT2D eigenvalue weighted by atomic mass is 15.0. The van der Waals surface area contributed by atoms with Crippen LogP contribution in [0.4, 0.5) is 0 Å². The van der Waals surface area contributed by atoms with Crippen molar-refractivity contribution in [1.29, 1.82) is 0 Å². The van der Waals surface area contributed by atoms with Gasteiger partial charge in [0.15, 0.2) is 0 Å². The minimum Gasteiger partial charge on any atom is -0.313 e. The molecule has 0 N–H and O–H groups in total. The van der Waals surface area contributed by atoms with Gasteiger partial charge in [-0.15, -0.1) is 0 Å². The van der Waals surface area contributed by atoms with Gasteiger partial charge in [0.25, 0.3) is 0 Å². The second-order valence-electron chi connectivity index (χ2n) is 9.02. The number of rotatable bonds is 4. The standard InChI is InChI=1S/C32H29N/c1-2-26-27(24-14-7-4-8-15-24)17-11-19-30(26)33-31-18-10-9-16-28(31)29-22-25(20-21-32(29)33)23-12-5-3-6-13-23/h3,5-7,9-10,12-18,20-22H,2,4,8,11,19H2,1H3. The quantitative estimate of drug-likeness (QED) is 0.306. The fourth-order valence-corrected chi connectivity index (χ4v) is 5.60. The second kappa shape index (κ2) is 8.41. The van der Waals surface area contributed by atoms with Crippen LogP contribution in [0.1, 0.15) is 39.0 Å². The molecule has 0 saturated carbocycles. The van der Waals surface area contributed by atoms with E-state index in [1.54, 1.807) is 0 Å². The maximum Gasteiger partial charge on any atom is 0.0538 e. The van der Waals surface area contributed by atoms with Crippen LogP contribution < -0.4 is 0 Å². The zero-order valence-corrected chi connectivity index (χ0v) is 19.2. The topological polar surface area (TPSA) is 4.93 Å². The third-order valence-corrected chi connectivity index (χ3v) is 7.11. The monoisotopic (exact) mass is 427 g/mol. The van der Waals surface area contributed by atoms with Crippen LogP contribution >= 0.6 is 0 Å². The predicted octanol–water partition coefficient (Wildman–Crippen LogP) is 9.08. The number of hydrogen-bond donors (Lipinski definition) is 0. The SMILES string of the molecule is CCC1=C(n2c3ccccc3c3cc(-c4ccccc4)ccc32)CCC=C1C1=CCCC=C1. The summed E-state index contributed by atoms with van der Waals surface area (Å²) in [6.45, 7) is 2.31. The minimum absolute atomic E-state index is 1.04. The molecule has 0 unspecified atom stereocenters. The van der Waals surface area contributed by atoms with Crippen LogP contribution in [0, 0.1) is 0 Å². The first-order valence-electron chi connectivity index (χ1n) is 12.2. The second-order valence-corrected chi connectivity index (χ2v) is 9.02. The van der Waals surface area contributed by atoms with Crippen LogP contribution in [0.3, 0.4) is 0 Å². The Morgan fingerprint density at radius 1 is 0.727 bits per heavy atom. The van der Waals surface area contributed by atoms with Gasteiger partial charge in [-0.1, -0.05) is 85.8 Å². The Hall–Kier alpha value is -3.58. The lowest BCUT2D eigenvalue weighted by molar-refractivity contribution is 0.915. The van der Waals surface area contributed by atoms with E-state index in [1.807, 2.05) is 0 Å². The third-order valence-electron chi connectivity index (χ3n) is 7.11. The van der Waals surface area contributed by atoms with Crippen molar-refractivity contribution in [2.45, 2.75) is 39.0 Å². The van der Waals surface area contributed by atoms with E-state index in [0.29, 0.717) is 0 Å². The van der Waals surface area contributed by atoms with Gasteiger partial charge in [0.05, 0.1) is 11.0 Å². The van der Waals surface area contributed by atoms with Gasteiger partial charge in [-0.25, -0.2) is 0 Å². The van der Waals surface area contributed by atoms with Crippen molar-refractivity contribution in [2.75, 3.05) is 0 Å². The molecule has 0 atom stereocenters. The summed E-state index contributed by atoms with van der Waals surface area (Å²) in [4.78, 5) is 0. The van der Waals surface area contributed by atoms with Crippen LogP contribution in [-0.2, 0) is 0 Å². The molecule has 2 aliphatic rings. The van der Waals surface area contributed by atoms with E-state index in [-0.39, 0.29) is 0 Å². The molecule has 0 saturated heterocycles. The Kier molecular flexibility index (Phi) is 5.11. The Balaban J connectivity index is 1.60. The van der Waals surface area contributed by atoms with Crippen molar-refractivity contribution in [2.24, 2.45) is 0 Å². The van der Waals surface area contributed by atoms with Crippen LogP contribution in [-0.4, -0.2) is 4.57 Å². The zero-order valence-electron chi connectivity index (χ0n) is 19.2. The number of hydrogen-bond acceptors (Lipinski definition) is 0. The molecule has 33 heavy (non-hydrogen) atoms. The summed E-state index contributed by atoms with van der Waals surface area (Å²) in [7, 11) is 0. The van der Waals surface area contributed by atoms with Gasteiger partial charge in [-0.2, -0.15) is 0 Å². The fraction of sp³-hybridized carbons (Fsp3) is 0.188. The summed E-state index contributed by atoms with van der Waals surface area (Å²) < 4.78 is 2.55. The van der Waals surface area contributed by atoms with Gasteiger partial charge in [0, 0.05) is 16.5 Å². The molecule has 1 aromatic heterocycles. The van der Waals surface area contributed by atoms with E-state index in [4.69, 9.17) is 0 Å². The molecule has 0 bridgehead atoms. The van der Waals surface area contributed by atoms with Crippen molar-refractivity contribution in [1.82, 2.24) is 4.57 Å². The first-order chi connectivity index (χ1) is 16.3. The van der Waals surface area contributed by atoms with E-state index in [0.717, 1.165) is 32.1 Å². The molecule has 162 valence electrons. The minimum atomic E-state index is 1.04. The third kappa shape index (κ3) is 3.40. The molecule has 0 amide bonds. The number of fused-ring (bicyclic) bond motifs is 3. The molecule has 0 spiro atoms. The molecule has 6 rings (SSSR count). The van der Waals surface area contributed by atoms with Crippen LogP contribution in [0.2, 0.25) is 0 Å². The number of aromatic nitrogens is 1. The lowest BCUT2D eigenvalue weighted by atomic mass is 9.86. The molecule has 4 aromatic rings. The molecule has 1 heterocycles. The average Bonchev–Trinajstić information content (AvgIpc) is 3.23. The van der Waals surface area contributed by atoms with E-state index >= 15 is 0 Å². The van der Waals surface area contributed by atoms with E-state index < -0.39 is 0 Å². The Morgan fingerprint density at radius 3 is 2.36 bits per heavy atom. The first-order valence-corrected chi connectivity index (χ1v) is 12.2. The van der Waals surface area contributed by atoms with E-state index in [2.05, 4.69) is 109 Å². The van der Waals surface area contributed by atoms with Crippen molar-refractivity contribution in [3.63, 3.8) is 0 Å². The van der Waals surface area contributed by atoms with Crippen molar-refractivity contribution in [3.8, 4) is 11.1 Å². The first kappa shape index (κ1) is 20.1. The summed E-state index contributed by atoms with van der Waals surface area (Å²) in [6, 6.07) is 26.6. The molecule has 2 aliphatic carbocycles. The van der Waals surface area contributed by atoms with Crippen LogP contribution in [0.5, 0.6) is 0 Å². The Bertz CT molecular complexity index is 1470. The van der Waals surface area contributed by atoms with Crippen LogP contribution in [0.25, 0.3) is 38.6 Å². The lowest BCUT2D eigenvalue weighted by Crippen LogP contribution is -2.08. The van der Waals surface area contributed by atoms with Gasteiger partial charge in [-0.05, 0) is 78.1 Å². The van der Waals surface area contributed by atoms with Gasteiger partial charge >= 0.3 is 0 Å². The number of benzene rings is 3. The highest BCUT2D eigenvalue weighted by Crippen LogP contribution is 2.41. The van der Waals surface area contributed by atoms with Gasteiger partial charge < -0.3 is 4.57 Å². The summed E-state index contributed by atoms with van der Waals surface area (Å²) in [5.74, 6) is 0. The van der Waals surface area contributed by atoms with Crippen LogP contribution in [0.15, 0.2) is 114 Å². The molecular weight excluding hydrogens is 398 g/mol. The van der Waals surface area contributed by atoms with Crippen molar-refractivity contribution < 1.29 is 0 Å². The van der Waals surface area contributed by atoms with Gasteiger partial charge in [0.2, 0.25) is 0 Å². The fourth-order valence-electron chi connectivity index (χ4n) is 5.60. The largest absolute Gasteiger partial charge is 0.313 e. The summed E-state index contributed by atoms with van der Waals surface area (Å²) in [5.41, 5.74) is 11.0. The molecule has 1 heteroatoms. The molecule has 1 nitrogen and oxygen atoms in total. The number of nitrogens with zero attached hydrogens (tertiary/aromatic N) is 1. The summed E-state index contributed by atoms with van der Waals surface area (Å²) in [6.07, 6.45) is 15.1. The van der Waals surface area contributed by atoms with E-state index in [1.165, 1.54) is 55.3 Å². The zero-order chi connectivity index (χ0) is 22.2. The molecule has 0 radical (unpaired) electrons. The molecule has 0 fully saturated rings. The highest BCUT2D eigenvalue weighted by molar-refractivity contribution is 6.11. The smallest absolute Gasteiger partial charge is 0.0538 e. The van der Waals surface area contributed by atoms with Gasteiger partial charge in [0.1, 0.15) is 0 Å². The Labute approximate surface area is 196 Å². The van der Waals surface area contributed by atoms with Crippen molar-refractivity contribution >= 4 is 27.5 Å².